The van der Waals surface area contributed by atoms with Crippen molar-refractivity contribution in [2.45, 2.75) is 38.3 Å². The van der Waals surface area contributed by atoms with E-state index in [-0.39, 0.29) is 17.7 Å². The van der Waals surface area contributed by atoms with E-state index in [4.69, 9.17) is 4.74 Å². The molecule has 3 rings (SSSR count). The minimum absolute atomic E-state index is 0.0476. The van der Waals surface area contributed by atoms with Gasteiger partial charge < -0.3 is 15.0 Å². The number of carbonyl (C=O) groups excluding carboxylic acids is 2. The van der Waals surface area contributed by atoms with Crippen LogP contribution >= 0.6 is 0 Å². The summed E-state index contributed by atoms with van der Waals surface area (Å²) < 4.78 is 5.56. The van der Waals surface area contributed by atoms with Crippen LogP contribution in [0.5, 0.6) is 0 Å². The van der Waals surface area contributed by atoms with E-state index in [1.54, 1.807) is 0 Å². The normalized spacial score (nSPS) is 21.3. The summed E-state index contributed by atoms with van der Waals surface area (Å²) in [5.74, 6) is 0.191. The van der Waals surface area contributed by atoms with Crippen molar-refractivity contribution in [2.24, 2.45) is 5.92 Å². The molecule has 1 aliphatic carbocycles. The lowest BCUT2D eigenvalue weighted by Gasteiger charge is -2.32. The zero-order valence-electron chi connectivity index (χ0n) is 13.4. The first-order valence-electron chi connectivity index (χ1n) is 8.43. The molecular formula is C18H24N2O3. The maximum atomic E-state index is 12.2. The van der Waals surface area contributed by atoms with Crippen LogP contribution < -0.4 is 5.32 Å². The predicted molar refractivity (Wildman–Crippen MR) is 86.6 cm³/mol. The molecule has 1 atom stereocenters. The summed E-state index contributed by atoms with van der Waals surface area (Å²) in [7, 11) is 0. The van der Waals surface area contributed by atoms with Crippen LogP contribution in [0.1, 0.15) is 31.2 Å². The molecule has 0 aromatic heterocycles. The highest BCUT2D eigenvalue weighted by molar-refractivity contribution is 5.84. The number of piperidine rings is 1. The largest absolute Gasteiger partial charge is 0.375 e. The number of hydrogen-bond acceptors (Lipinski definition) is 3. The fourth-order valence-corrected chi connectivity index (χ4v) is 2.98. The third kappa shape index (κ3) is 4.55. The van der Waals surface area contributed by atoms with Crippen LogP contribution in [0, 0.1) is 5.92 Å². The molecule has 23 heavy (non-hydrogen) atoms. The van der Waals surface area contributed by atoms with Crippen LogP contribution in [-0.4, -0.2) is 42.5 Å². The van der Waals surface area contributed by atoms with Crippen molar-refractivity contribution in [1.29, 1.82) is 0 Å². The van der Waals surface area contributed by atoms with Gasteiger partial charge in [0.25, 0.3) is 0 Å². The Labute approximate surface area is 137 Å². The molecule has 0 radical (unpaired) electrons. The Kier molecular flexibility index (Phi) is 5.28. The van der Waals surface area contributed by atoms with E-state index in [2.05, 4.69) is 5.32 Å². The van der Waals surface area contributed by atoms with Crippen LogP contribution in [0.25, 0.3) is 0 Å². The number of nitrogens with zero attached hydrogens (tertiary/aromatic N) is 1. The maximum absolute atomic E-state index is 12.2. The van der Waals surface area contributed by atoms with Gasteiger partial charge in [0.05, 0.1) is 19.1 Å². The molecule has 0 spiro atoms. The van der Waals surface area contributed by atoms with Crippen molar-refractivity contribution in [1.82, 2.24) is 10.2 Å². The van der Waals surface area contributed by atoms with Crippen LogP contribution in [0.2, 0.25) is 0 Å². The topological polar surface area (TPSA) is 58.6 Å². The number of ether oxygens (including phenoxy) is 1. The van der Waals surface area contributed by atoms with Gasteiger partial charge in [-0.2, -0.15) is 0 Å². The van der Waals surface area contributed by atoms with Gasteiger partial charge in [-0.1, -0.05) is 30.3 Å². The molecule has 1 heterocycles. The molecule has 2 aliphatic rings. The summed E-state index contributed by atoms with van der Waals surface area (Å²) in [6, 6.07) is 10.4. The molecule has 1 aromatic rings. The van der Waals surface area contributed by atoms with Crippen molar-refractivity contribution in [3.8, 4) is 0 Å². The number of rotatable bonds is 7. The van der Waals surface area contributed by atoms with Crippen LogP contribution in [0.15, 0.2) is 30.3 Å². The standard InChI is InChI=1S/C18H24N2O3/c21-17-9-6-15(12-20(17)16-7-8-16)18(22)19-10-11-23-13-14-4-2-1-3-5-14/h1-5,15-16H,6-13H2,(H,19,22)/t15-/m1/s1. The number of likely N-dealkylation sites (tertiary alicyclic amines) is 1. The van der Waals surface area contributed by atoms with Crippen LogP contribution in [0.3, 0.4) is 0 Å². The lowest BCUT2D eigenvalue weighted by Crippen LogP contribution is -2.47. The molecule has 1 aliphatic heterocycles. The number of hydrogen-bond donors (Lipinski definition) is 1. The number of nitrogens with one attached hydrogen (secondary N) is 1. The van der Waals surface area contributed by atoms with Crippen molar-refractivity contribution >= 4 is 11.8 Å². The van der Waals surface area contributed by atoms with E-state index in [1.165, 1.54) is 0 Å². The zero-order chi connectivity index (χ0) is 16.1. The Morgan fingerprint density at radius 1 is 1.22 bits per heavy atom. The summed E-state index contributed by atoms with van der Waals surface area (Å²) in [5, 5.41) is 2.93. The van der Waals surface area contributed by atoms with Gasteiger partial charge in [-0.05, 0) is 24.8 Å². The van der Waals surface area contributed by atoms with Crippen molar-refractivity contribution < 1.29 is 14.3 Å². The third-order valence-corrected chi connectivity index (χ3v) is 4.46. The highest BCUT2D eigenvalue weighted by Gasteiger charge is 2.38. The van der Waals surface area contributed by atoms with E-state index in [0.29, 0.717) is 45.2 Å². The Hall–Kier alpha value is -1.88. The SMILES string of the molecule is O=C(NCCOCc1ccccc1)[C@@H]1CCC(=O)N(C2CC2)C1. The second-order valence-electron chi connectivity index (χ2n) is 6.34. The zero-order valence-corrected chi connectivity index (χ0v) is 13.4. The lowest BCUT2D eigenvalue weighted by atomic mass is 9.96. The first-order chi connectivity index (χ1) is 11.2. The van der Waals surface area contributed by atoms with Crippen LogP contribution in [0.4, 0.5) is 0 Å². The molecule has 1 saturated carbocycles. The predicted octanol–water partition coefficient (Wildman–Crippen LogP) is 1.72. The highest BCUT2D eigenvalue weighted by Crippen LogP contribution is 2.31. The Morgan fingerprint density at radius 3 is 2.74 bits per heavy atom. The van der Waals surface area contributed by atoms with Gasteiger partial charge in [-0.25, -0.2) is 0 Å². The average Bonchev–Trinajstić information content (AvgIpc) is 3.40. The van der Waals surface area contributed by atoms with Gasteiger partial charge in [-0.3, -0.25) is 9.59 Å². The van der Waals surface area contributed by atoms with Gasteiger partial charge in [0.15, 0.2) is 0 Å². The van der Waals surface area contributed by atoms with Crippen molar-refractivity contribution in [3.63, 3.8) is 0 Å². The van der Waals surface area contributed by atoms with Gasteiger partial charge in [-0.15, -0.1) is 0 Å². The van der Waals surface area contributed by atoms with E-state index < -0.39 is 0 Å². The Balaban J connectivity index is 1.34. The smallest absolute Gasteiger partial charge is 0.224 e. The van der Waals surface area contributed by atoms with E-state index in [0.717, 1.165) is 18.4 Å². The quantitative estimate of drug-likeness (QED) is 0.779. The molecule has 2 amide bonds. The minimum atomic E-state index is -0.0672. The minimum Gasteiger partial charge on any atom is -0.375 e. The van der Waals surface area contributed by atoms with Gasteiger partial charge in [0.1, 0.15) is 0 Å². The summed E-state index contributed by atoms with van der Waals surface area (Å²) in [6.07, 6.45) is 3.35. The maximum Gasteiger partial charge on any atom is 0.224 e. The molecule has 124 valence electrons. The first-order valence-corrected chi connectivity index (χ1v) is 8.43. The number of benzene rings is 1. The summed E-state index contributed by atoms with van der Waals surface area (Å²) in [6.45, 7) is 2.16. The molecule has 1 N–H and O–H groups in total. The molecule has 1 aromatic carbocycles. The highest BCUT2D eigenvalue weighted by atomic mass is 16.5. The Bertz CT molecular complexity index is 542. The Morgan fingerprint density at radius 2 is 2.00 bits per heavy atom. The van der Waals surface area contributed by atoms with E-state index in [9.17, 15) is 9.59 Å². The number of carbonyl (C=O) groups is 2. The summed E-state index contributed by atoms with van der Waals surface area (Å²) in [4.78, 5) is 26.0. The summed E-state index contributed by atoms with van der Waals surface area (Å²) in [5.41, 5.74) is 1.13. The number of amides is 2. The van der Waals surface area contributed by atoms with Crippen molar-refractivity contribution in [2.75, 3.05) is 19.7 Å². The molecule has 2 fully saturated rings. The van der Waals surface area contributed by atoms with Gasteiger partial charge in [0.2, 0.25) is 11.8 Å². The molecular weight excluding hydrogens is 292 g/mol. The average molecular weight is 316 g/mol. The van der Waals surface area contributed by atoms with Gasteiger partial charge in [0, 0.05) is 25.6 Å². The monoisotopic (exact) mass is 316 g/mol. The molecule has 5 nitrogen and oxygen atoms in total. The first kappa shape index (κ1) is 16.0. The van der Waals surface area contributed by atoms with E-state index in [1.807, 2.05) is 35.2 Å². The lowest BCUT2D eigenvalue weighted by molar-refractivity contribution is -0.138. The molecule has 0 bridgehead atoms. The van der Waals surface area contributed by atoms with E-state index >= 15 is 0 Å². The molecule has 1 saturated heterocycles. The summed E-state index contributed by atoms with van der Waals surface area (Å²) >= 11 is 0. The second kappa shape index (κ2) is 7.59. The fourth-order valence-electron chi connectivity index (χ4n) is 2.98. The fraction of sp³-hybridized carbons (Fsp3) is 0.556. The molecule has 0 unspecified atom stereocenters. The third-order valence-electron chi connectivity index (χ3n) is 4.46. The van der Waals surface area contributed by atoms with Crippen molar-refractivity contribution in [3.05, 3.63) is 35.9 Å². The second-order valence-corrected chi connectivity index (χ2v) is 6.34. The molecule has 5 heteroatoms. The van der Waals surface area contributed by atoms with Gasteiger partial charge >= 0.3 is 0 Å². The van der Waals surface area contributed by atoms with Crippen LogP contribution in [-0.2, 0) is 20.9 Å².